The highest BCUT2D eigenvalue weighted by molar-refractivity contribution is 5.61. The maximum Gasteiger partial charge on any atom is 0.142 e. The van der Waals surface area contributed by atoms with Crippen LogP contribution in [-0.4, -0.2) is 23.3 Å². The quantitative estimate of drug-likeness (QED) is 0.727. The van der Waals surface area contributed by atoms with E-state index in [4.69, 9.17) is 5.73 Å². The second-order valence-electron chi connectivity index (χ2n) is 3.10. The molecule has 0 spiro atoms. The molecule has 0 radical (unpaired) electrons. The number of hydrogen-bond donors (Lipinski definition) is 2. The highest BCUT2D eigenvalue weighted by atomic mass is 15.2. The van der Waals surface area contributed by atoms with Crippen LogP contribution in [0.5, 0.6) is 0 Å². The molecule has 0 atom stereocenters. The molecule has 13 heavy (non-hydrogen) atoms. The summed E-state index contributed by atoms with van der Waals surface area (Å²) in [6, 6.07) is 0. The number of nitrogens with zero attached hydrogens (tertiary/aromatic N) is 2. The fraction of sp³-hybridized carbons (Fsp3) is 0.667. The average Bonchev–Trinajstić information content (AvgIpc) is 2.54. The van der Waals surface area contributed by atoms with Crippen molar-refractivity contribution in [3.05, 3.63) is 6.20 Å². The number of H-pyrrole nitrogens is 1. The van der Waals surface area contributed by atoms with Crippen molar-refractivity contribution >= 4 is 11.5 Å². The van der Waals surface area contributed by atoms with Gasteiger partial charge in [-0.3, -0.25) is 5.10 Å². The zero-order chi connectivity index (χ0) is 9.68. The van der Waals surface area contributed by atoms with Crippen molar-refractivity contribution in [3.63, 3.8) is 0 Å². The van der Waals surface area contributed by atoms with Crippen LogP contribution in [0.4, 0.5) is 11.5 Å². The lowest BCUT2D eigenvalue weighted by atomic mass is 10.3. The molecule has 4 heteroatoms. The lowest BCUT2D eigenvalue weighted by Crippen LogP contribution is -2.24. The van der Waals surface area contributed by atoms with Crippen LogP contribution in [0.25, 0.3) is 0 Å². The third kappa shape index (κ3) is 2.37. The first-order valence-corrected chi connectivity index (χ1v) is 4.83. The van der Waals surface area contributed by atoms with E-state index in [-0.39, 0.29) is 0 Å². The normalized spacial score (nSPS) is 10.3. The molecule has 0 aliphatic heterocycles. The van der Waals surface area contributed by atoms with Crippen molar-refractivity contribution in [3.8, 4) is 0 Å². The summed E-state index contributed by atoms with van der Waals surface area (Å²) in [5.41, 5.74) is 6.75. The van der Waals surface area contributed by atoms with Gasteiger partial charge in [0.2, 0.25) is 0 Å². The van der Waals surface area contributed by atoms with Gasteiger partial charge in [0.25, 0.3) is 0 Å². The minimum absolute atomic E-state index is 0.665. The summed E-state index contributed by atoms with van der Waals surface area (Å²) in [6.07, 6.45) is 4.18. The van der Waals surface area contributed by atoms with Crippen molar-refractivity contribution < 1.29 is 0 Å². The highest BCUT2D eigenvalue weighted by Crippen LogP contribution is 2.19. The van der Waals surface area contributed by atoms with Gasteiger partial charge in [0.15, 0.2) is 0 Å². The Labute approximate surface area is 79.1 Å². The number of unbranched alkanes of at least 4 members (excludes halogenated alkanes) is 1. The molecule has 0 aliphatic rings. The van der Waals surface area contributed by atoms with Gasteiger partial charge in [-0.25, -0.2) is 0 Å². The Morgan fingerprint density at radius 1 is 1.54 bits per heavy atom. The minimum Gasteiger partial charge on any atom is -0.382 e. The second-order valence-corrected chi connectivity index (χ2v) is 3.10. The molecule has 1 heterocycles. The summed E-state index contributed by atoms with van der Waals surface area (Å²) in [5.74, 6) is 0.665. The Morgan fingerprint density at radius 2 is 2.31 bits per heavy atom. The SMILES string of the molecule is CCCCN(CC)c1cn[nH]c1N. The smallest absolute Gasteiger partial charge is 0.142 e. The number of nitrogens with two attached hydrogens (primary N) is 1. The maximum absolute atomic E-state index is 5.73. The molecule has 0 saturated carbocycles. The predicted octanol–water partition coefficient (Wildman–Crippen LogP) is 1.62. The predicted molar refractivity (Wildman–Crippen MR) is 55.8 cm³/mol. The number of nitrogen functional groups attached to an aromatic ring is 1. The molecule has 0 amide bonds. The molecule has 0 aliphatic carbocycles. The summed E-state index contributed by atoms with van der Waals surface area (Å²) in [4.78, 5) is 2.24. The van der Waals surface area contributed by atoms with Gasteiger partial charge in [0, 0.05) is 13.1 Å². The van der Waals surface area contributed by atoms with E-state index in [1.165, 1.54) is 12.8 Å². The molecule has 0 bridgehead atoms. The number of anilines is 2. The Bertz CT molecular complexity index is 244. The van der Waals surface area contributed by atoms with E-state index in [0.29, 0.717) is 5.82 Å². The van der Waals surface area contributed by atoms with Crippen LogP contribution in [-0.2, 0) is 0 Å². The van der Waals surface area contributed by atoms with Crippen molar-refractivity contribution in [1.29, 1.82) is 0 Å². The van der Waals surface area contributed by atoms with Gasteiger partial charge < -0.3 is 10.6 Å². The monoisotopic (exact) mass is 182 g/mol. The molecule has 3 N–H and O–H groups in total. The van der Waals surface area contributed by atoms with Gasteiger partial charge in [-0.15, -0.1) is 0 Å². The van der Waals surface area contributed by atoms with Gasteiger partial charge in [-0.1, -0.05) is 13.3 Å². The first kappa shape index (κ1) is 9.89. The average molecular weight is 182 g/mol. The summed E-state index contributed by atoms with van der Waals surface area (Å²) < 4.78 is 0. The zero-order valence-electron chi connectivity index (χ0n) is 8.38. The standard InChI is InChI=1S/C9H18N4/c1-3-5-6-13(4-2)8-7-11-12-9(8)10/h7H,3-6H2,1-2H3,(H3,10,11,12). The van der Waals surface area contributed by atoms with Crippen molar-refractivity contribution in [2.24, 2.45) is 0 Å². The van der Waals surface area contributed by atoms with E-state index in [1.807, 2.05) is 0 Å². The summed E-state index contributed by atoms with van der Waals surface area (Å²) >= 11 is 0. The van der Waals surface area contributed by atoms with E-state index in [2.05, 4.69) is 28.9 Å². The molecule has 0 aromatic carbocycles. The number of hydrogen-bond acceptors (Lipinski definition) is 3. The summed E-state index contributed by atoms with van der Waals surface area (Å²) in [6.45, 7) is 6.34. The molecule has 0 fully saturated rings. The fourth-order valence-electron chi connectivity index (χ4n) is 1.34. The molecular formula is C9H18N4. The molecule has 1 aromatic rings. The highest BCUT2D eigenvalue weighted by Gasteiger charge is 2.08. The fourth-order valence-corrected chi connectivity index (χ4v) is 1.34. The Balaban J connectivity index is 2.61. The number of nitrogens with one attached hydrogen (secondary N) is 1. The zero-order valence-corrected chi connectivity index (χ0v) is 8.38. The molecule has 1 aromatic heterocycles. The van der Waals surface area contributed by atoms with Gasteiger partial charge >= 0.3 is 0 Å². The largest absolute Gasteiger partial charge is 0.382 e. The number of aromatic nitrogens is 2. The molecule has 0 saturated heterocycles. The summed E-state index contributed by atoms with van der Waals surface area (Å²) in [7, 11) is 0. The third-order valence-electron chi connectivity index (χ3n) is 2.15. The molecule has 1 rings (SSSR count). The lowest BCUT2D eigenvalue weighted by molar-refractivity contribution is 0.733. The van der Waals surface area contributed by atoms with Crippen molar-refractivity contribution in [2.75, 3.05) is 23.7 Å². The van der Waals surface area contributed by atoms with Gasteiger partial charge in [0.1, 0.15) is 5.82 Å². The van der Waals surface area contributed by atoms with E-state index in [1.54, 1.807) is 6.20 Å². The molecule has 4 nitrogen and oxygen atoms in total. The Morgan fingerprint density at radius 3 is 2.77 bits per heavy atom. The van der Waals surface area contributed by atoms with Crippen LogP contribution in [0.2, 0.25) is 0 Å². The lowest BCUT2D eigenvalue weighted by Gasteiger charge is -2.21. The maximum atomic E-state index is 5.73. The third-order valence-corrected chi connectivity index (χ3v) is 2.15. The molecule has 0 unspecified atom stereocenters. The first-order chi connectivity index (χ1) is 6.29. The minimum atomic E-state index is 0.665. The Kier molecular flexibility index (Phi) is 3.61. The number of rotatable bonds is 5. The molecular weight excluding hydrogens is 164 g/mol. The van der Waals surface area contributed by atoms with Crippen LogP contribution in [0.3, 0.4) is 0 Å². The van der Waals surface area contributed by atoms with E-state index in [0.717, 1.165) is 18.8 Å². The van der Waals surface area contributed by atoms with Gasteiger partial charge in [-0.2, -0.15) is 5.10 Å². The Hall–Kier alpha value is -1.19. The van der Waals surface area contributed by atoms with Gasteiger partial charge in [-0.05, 0) is 13.3 Å². The van der Waals surface area contributed by atoms with E-state index >= 15 is 0 Å². The van der Waals surface area contributed by atoms with Crippen LogP contribution in [0.15, 0.2) is 6.20 Å². The van der Waals surface area contributed by atoms with Crippen molar-refractivity contribution in [1.82, 2.24) is 10.2 Å². The first-order valence-electron chi connectivity index (χ1n) is 4.83. The van der Waals surface area contributed by atoms with Crippen LogP contribution in [0, 0.1) is 0 Å². The van der Waals surface area contributed by atoms with Crippen LogP contribution in [0.1, 0.15) is 26.7 Å². The van der Waals surface area contributed by atoms with Crippen LogP contribution < -0.4 is 10.6 Å². The van der Waals surface area contributed by atoms with Gasteiger partial charge in [0.05, 0.1) is 11.9 Å². The summed E-state index contributed by atoms with van der Waals surface area (Å²) in [5, 5.41) is 6.65. The van der Waals surface area contributed by atoms with E-state index < -0.39 is 0 Å². The molecule has 74 valence electrons. The number of aromatic amines is 1. The second kappa shape index (κ2) is 4.74. The van der Waals surface area contributed by atoms with Crippen LogP contribution >= 0.6 is 0 Å². The van der Waals surface area contributed by atoms with E-state index in [9.17, 15) is 0 Å². The topological polar surface area (TPSA) is 57.9 Å². The van der Waals surface area contributed by atoms with Crippen molar-refractivity contribution in [2.45, 2.75) is 26.7 Å².